The second kappa shape index (κ2) is 5.31. The van der Waals surface area contributed by atoms with Gasteiger partial charge < -0.3 is 10.6 Å². The summed E-state index contributed by atoms with van der Waals surface area (Å²) in [4.78, 5) is 16.1. The fourth-order valence-electron chi connectivity index (χ4n) is 1.63. The van der Waals surface area contributed by atoms with Gasteiger partial charge in [0.25, 0.3) is 5.91 Å². The van der Waals surface area contributed by atoms with Gasteiger partial charge in [-0.2, -0.15) is 0 Å². The summed E-state index contributed by atoms with van der Waals surface area (Å²) in [6, 6.07) is 11.1. The highest BCUT2D eigenvalue weighted by Crippen LogP contribution is 2.12. The van der Waals surface area contributed by atoms with Crippen LogP contribution in [0.15, 0.2) is 42.6 Å². The lowest BCUT2D eigenvalue weighted by Gasteiger charge is -2.07. The SMILES string of the molecule is CNc1cc(C(=O)Nc2cccc(C)c2)ccn1. The molecule has 0 bridgehead atoms. The molecule has 0 atom stereocenters. The van der Waals surface area contributed by atoms with E-state index in [4.69, 9.17) is 0 Å². The number of carbonyl (C=O) groups excluding carboxylic acids is 1. The number of hydrogen-bond donors (Lipinski definition) is 2. The number of aromatic nitrogens is 1. The molecule has 0 saturated carbocycles. The van der Waals surface area contributed by atoms with Crippen LogP contribution in [0.1, 0.15) is 15.9 Å². The lowest BCUT2D eigenvalue weighted by atomic mass is 10.2. The molecule has 2 N–H and O–H groups in total. The molecule has 0 saturated heterocycles. The molecule has 4 heteroatoms. The van der Waals surface area contributed by atoms with E-state index in [0.717, 1.165) is 11.3 Å². The summed E-state index contributed by atoms with van der Waals surface area (Å²) < 4.78 is 0. The van der Waals surface area contributed by atoms with Gasteiger partial charge in [-0.25, -0.2) is 4.98 Å². The highest BCUT2D eigenvalue weighted by molar-refractivity contribution is 6.04. The molecule has 0 aliphatic heterocycles. The smallest absolute Gasteiger partial charge is 0.255 e. The van der Waals surface area contributed by atoms with Crippen LogP contribution in [0.4, 0.5) is 11.5 Å². The van der Waals surface area contributed by atoms with E-state index in [-0.39, 0.29) is 5.91 Å². The van der Waals surface area contributed by atoms with Crippen LogP contribution in [0.5, 0.6) is 0 Å². The Kier molecular flexibility index (Phi) is 3.57. The predicted octanol–water partition coefficient (Wildman–Crippen LogP) is 2.68. The third-order valence-electron chi connectivity index (χ3n) is 2.55. The van der Waals surface area contributed by atoms with Gasteiger partial charge in [0.05, 0.1) is 0 Å². The quantitative estimate of drug-likeness (QED) is 0.868. The van der Waals surface area contributed by atoms with Gasteiger partial charge >= 0.3 is 0 Å². The van der Waals surface area contributed by atoms with E-state index in [1.807, 2.05) is 31.2 Å². The molecular formula is C14H15N3O. The summed E-state index contributed by atoms with van der Waals surface area (Å²) in [7, 11) is 1.77. The first-order valence-electron chi connectivity index (χ1n) is 5.71. The molecule has 0 fully saturated rings. The minimum Gasteiger partial charge on any atom is -0.373 e. The lowest BCUT2D eigenvalue weighted by molar-refractivity contribution is 0.102. The van der Waals surface area contributed by atoms with Crippen molar-refractivity contribution in [2.75, 3.05) is 17.7 Å². The molecule has 0 aliphatic rings. The van der Waals surface area contributed by atoms with E-state index < -0.39 is 0 Å². The van der Waals surface area contributed by atoms with Crippen LogP contribution >= 0.6 is 0 Å². The second-order valence-corrected chi connectivity index (χ2v) is 4.00. The summed E-state index contributed by atoms with van der Waals surface area (Å²) in [5, 5.41) is 5.76. The van der Waals surface area contributed by atoms with Crippen molar-refractivity contribution >= 4 is 17.4 Å². The number of benzene rings is 1. The lowest BCUT2D eigenvalue weighted by Crippen LogP contribution is -2.12. The molecule has 0 radical (unpaired) electrons. The molecule has 0 spiro atoms. The Balaban J connectivity index is 2.16. The van der Waals surface area contributed by atoms with Gasteiger partial charge in [-0.3, -0.25) is 4.79 Å². The number of rotatable bonds is 3. The van der Waals surface area contributed by atoms with Crippen LogP contribution in [-0.2, 0) is 0 Å². The van der Waals surface area contributed by atoms with Crippen LogP contribution in [0.25, 0.3) is 0 Å². The number of nitrogens with one attached hydrogen (secondary N) is 2. The molecule has 2 aromatic rings. The minimum absolute atomic E-state index is 0.139. The normalized spacial score (nSPS) is 9.89. The summed E-state index contributed by atoms with van der Waals surface area (Å²) in [5.41, 5.74) is 2.48. The third-order valence-corrected chi connectivity index (χ3v) is 2.55. The number of anilines is 2. The van der Waals surface area contributed by atoms with Gasteiger partial charge in [-0.1, -0.05) is 12.1 Å². The molecule has 0 unspecified atom stereocenters. The Labute approximate surface area is 106 Å². The predicted molar refractivity (Wildman–Crippen MR) is 72.9 cm³/mol. The van der Waals surface area contributed by atoms with Gasteiger partial charge in [0.1, 0.15) is 5.82 Å². The minimum atomic E-state index is -0.139. The highest BCUT2D eigenvalue weighted by atomic mass is 16.1. The zero-order valence-corrected chi connectivity index (χ0v) is 10.4. The maximum Gasteiger partial charge on any atom is 0.255 e. The summed E-state index contributed by atoms with van der Waals surface area (Å²) in [5.74, 6) is 0.534. The number of amides is 1. The van der Waals surface area contributed by atoms with Crippen molar-refractivity contribution in [1.82, 2.24) is 4.98 Å². The summed E-state index contributed by atoms with van der Waals surface area (Å²) >= 11 is 0. The number of pyridine rings is 1. The Morgan fingerprint density at radius 3 is 2.78 bits per heavy atom. The first-order chi connectivity index (χ1) is 8.69. The van der Waals surface area contributed by atoms with Crippen LogP contribution < -0.4 is 10.6 Å². The number of carbonyl (C=O) groups is 1. The molecule has 1 aromatic heterocycles. The highest BCUT2D eigenvalue weighted by Gasteiger charge is 2.06. The molecule has 1 aromatic carbocycles. The molecule has 1 heterocycles. The number of nitrogens with zero attached hydrogens (tertiary/aromatic N) is 1. The van der Waals surface area contributed by atoms with Gasteiger partial charge in [-0.15, -0.1) is 0 Å². The topological polar surface area (TPSA) is 54.0 Å². The van der Waals surface area contributed by atoms with Gasteiger partial charge in [-0.05, 0) is 36.8 Å². The Morgan fingerprint density at radius 2 is 2.06 bits per heavy atom. The molecule has 4 nitrogen and oxygen atoms in total. The Morgan fingerprint density at radius 1 is 1.22 bits per heavy atom. The fraction of sp³-hybridized carbons (Fsp3) is 0.143. The van der Waals surface area contributed by atoms with Crippen molar-refractivity contribution in [2.24, 2.45) is 0 Å². The molecular weight excluding hydrogens is 226 g/mol. The van der Waals surface area contributed by atoms with Crippen LogP contribution in [0.2, 0.25) is 0 Å². The maximum atomic E-state index is 12.0. The average Bonchev–Trinajstić information content (AvgIpc) is 2.39. The summed E-state index contributed by atoms with van der Waals surface area (Å²) in [6.07, 6.45) is 1.61. The van der Waals surface area contributed by atoms with E-state index in [1.54, 1.807) is 25.4 Å². The molecule has 2 rings (SSSR count). The van der Waals surface area contributed by atoms with E-state index in [9.17, 15) is 4.79 Å². The van der Waals surface area contributed by atoms with E-state index in [1.165, 1.54) is 0 Å². The Hall–Kier alpha value is -2.36. The average molecular weight is 241 g/mol. The standard InChI is InChI=1S/C14H15N3O/c1-10-4-3-5-12(8-10)17-14(18)11-6-7-16-13(9-11)15-2/h3-9H,1-2H3,(H,15,16)(H,17,18). The first kappa shape index (κ1) is 12.1. The molecule has 0 aliphatic carbocycles. The van der Waals surface area contributed by atoms with Crippen molar-refractivity contribution in [3.63, 3.8) is 0 Å². The van der Waals surface area contributed by atoms with Crippen molar-refractivity contribution in [3.05, 3.63) is 53.7 Å². The van der Waals surface area contributed by atoms with Crippen LogP contribution in [0, 0.1) is 6.92 Å². The largest absolute Gasteiger partial charge is 0.373 e. The maximum absolute atomic E-state index is 12.0. The van der Waals surface area contributed by atoms with Gasteiger partial charge in [0.15, 0.2) is 0 Å². The van der Waals surface area contributed by atoms with Gasteiger partial charge in [0.2, 0.25) is 0 Å². The van der Waals surface area contributed by atoms with Crippen molar-refractivity contribution in [1.29, 1.82) is 0 Å². The Bertz CT molecular complexity index is 566. The van der Waals surface area contributed by atoms with Crippen LogP contribution in [-0.4, -0.2) is 17.9 Å². The molecule has 18 heavy (non-hydrogen) atoms. The number of aryl methyl sites for hydroxylation is 1. The van der Waals surface area contributed by atoms with E-state index in [2.05, 4.69) is 15.6 Å². The van der Waals surface area contributed by atoms with Crippen molar-refractivity contribution in [2.45, 2.75) is 6.92 Å². The molecule has 1 amide bonds. The zero-order chi connectivity index (χ0) is 13.0. The summed E-state index contributed by atoms with van der Waals surface area (Å²) in [6.45, 7) is 1.99. The number of hydrogen-bond acceptors (Lipinski definition) is 3. The monoisotopic (exact) mass is 241 g/mol. The zero-order valence-electron chi connectivity index (χ0n) is 10.4. The fourth-order valence-corrected chi connectivity index (χ4v) is 1.63. The van der Waals surface area contributed by atoms with E-state index >= 15 is 0 Å². The van der Waals surface area contributed by atoms with Crippen molar-refractivity contribution in [3.8, 4) is 0 Å². The van der Waals surface area contributed by atoms with Crippen LogP contribution in [0.3, 0.4) is 0 Å². The van der Waals surface area contributed by atoms with Gasteiger partial charge in [0, 0.05) is 24.5 Å². The van der Waals surface area contributed by atoms with Crippen molar-refractivity contribution < 1.29 is 4.79 Å². The second-order valence-electron chi connectivity index (χ2n) is 4.00. The third kappa shape index (κ3) is 2.85. The van der Waals surface area contributed by atoms with E-state index in [0.29, 0.717) is 11.4 Å². The molecule has 92 valence electrons. The first-order valence-corrected chi connectivity index (χ1v) is 5.71.